The Morgan fingerprint density at radius 3 is 2.80 bits per heavy atom. The van der Waals surface area contributed by atoms with Crippen LogP contribution in [0.2, 0.25) is 5.02 Å². The van der Waals surface area contributed by atoms with Gasteiger partial charge in [0.1, 0.15) is 6.54 Å². The van der Waals surface area contributed by atoms with Crippen molar-refractivity contribution in [3.8, 4) is 0 Å². The zero-order valence-electron chi connectivity index (χ0n) is 11.2. The molecule has 0 aliphatic heterocycles. The standard InChI is InChI=1S/C14H14ClN3O2/c1-9-13(8-19)10(2)18(17-9)7-14(20)16-12-5-3-4-11(15)6-12/h3-6,8H,7H2,1-2H3,(H,16,20). The van der Waals surface area contributed by atoms with Crippen LogP contribution in [-0.4, -0.2) is 22.0 Å². The Balaban J connectivity index is 2.10. The molecule has 1 aromatic heterocycles. The van der Waals surface area contributed by atoms with Crippen LogP contribution in [0.3, 0.4) is 0 Å². The number of halogens is 1. The Morgan fingerprint density at radius 2 is 2.20 bits per heavy atom. The van der Waals surface area contributed by atoms with E-state index in [0.717, 1.165) is 6.29 Å². The van der Waals surface area contributed by atoms with Crippen LogP contribution in [0.4, 0.5) is 5.69 Å². The Kier molecular flexibility index (Phi) is 4.20. The van der Waals surface area contributed by atoms with Crippen molar-refractivity contribution in [1.82, 2.24) is 9.78 Å². The number of benzene rings is 1. The largest absolute Gasteiger partial charge is 0.324 e. The van der Waals surface area contributed by atoms with Crippen LogP contribution in [-0.2, 0) is 11.3 Å². The highest BCUT2D eigenvalue weighted by atomic mass is 35.5. The molecule has 20 heavy (non-hydrogen) atoms. The number of aromatic nitrogens is 2. The van der Waals surface area contributed by atoms with Gasteiger partial charge in [-0.05, 0) is 32.0 Å². The van der Waals surface area contributed by atoms with E-state index in [1.165, 1.54) is 4.68 Å². The van der Waals surface area contributed by atoms with Crippen LogP contribution < -0.4 is 5.32 Å². The molecule has 0 saturated heterocycles. The second-order valence-corrected chi connectivity index (χ2v) is 4.85. The van der Waals surface area contributed by atoms with Gasteiger partial charge in [-0.15, -0.1) is 0 Å². The molecule has 1 heterocycles. The van der Waals surface area contributed by atoms with Crippen LogP contribution in [0.25, 0.3) is 0 Å². The molecule has 1 N–H and O–H groups in total. The monoisotopic (exact) mass is 291 g/mol. The third-order valence-corrected chi connectivity index (χ3v) is 3.19. The molecule has 104 valence electrons. The Hall–Kier alpha value is -2.14. The summed E-state index contributed by atoms with van der Waals surface area (Å²) >= 11 is 5.85. The topological polar surface area (TPSA) is 64.0 Å². The molecule has 0 fully saturated rings. The fourth-order valence-electron chi connectivity index (χ4n) is 1.94. The molecule has 0 unspecified atom stereocenters. The van der Waals surface area contributed by atoms with Gasteiger partial charge in [0.25, 0.3) is 0 Å². The lowest BCUT2D eigenvalue weighted by Gasteiger charge is -2.07. The third-order valence-electron chi connectivity index (χ3n) is 2.96. The van der Waals surface area contributed by atoms with Crippen LogP contribution in [0.1, 0.15) is 21.7 Å². The number of carbonyl (C=O) groups is 2. The minimum atomic E-state index is -0.227. The van der Waals surface area contributed by atoms with Gasteiger partial charge in [0.15, 0.2) is 6.29 Å². The van der Waals surface area contributed by atoms with Gasteiger partial charge in [-0.3, -0.25) is 14.3 Å². The van der Waals surface area contributed by atoms with E-state index >= 15 is 0 Å². The lowest BCUT2D eigenvalue weighted by atomic mass is 10.2. The maximum absolute atomic E-state index is 12.0. The predicted octanol–water partition coefficient (Wildman–Crippen LogP) is 2.60. The van der Waals surface area contributed by atoms with Crippen molar-refractivity contribution in [2.75, 3.05) is 5.32 Å². The minimum absolute atomic E-state index is 0.0486. The van der Waals surface area contributed by atoms with Gasteiger partial charge in [0.05, 0.1) is 11.3 Å². The summed E-state index contributed by atoms with van der Waals surface area (Å²) in [6, 6.07) is 6.90. The summed E-state index contributed by atoms with van der Waals surface area (Å²) in [5.41, 5.74) is 2.45. The molecule has 1 aromatic carbocycles. The van der Waals surface area contributed by atoms with Crippen molar-refractivity contribution in [3.05, 3.63) is 46.2 Å². The first kappa shape index (κ1) is 14.3. The highest BCUT2D eigenvalue weighted by Gasteiger charge is 2.13. The molecule has 2 aromatic rings. The first-order valence-corrected chi connectivity index (χ1v) is 6.43. The summed E-state index contributed by atoms with van der Waals surface area (Å²) in [5, 5.41) is 7.46. The van der Waals surface area contributed by atoms with E-state index in [0.29, 0.717) is 27.7 Å². The molecule has 0 spiro atoms. The molecule has 0 atom stereocenters. The van der Waals surface area contributed by atoms with Crippen molar-refractivity contribution in [3.63, 3.8) is 0 Å². The molecule has 0 radical (unpaired) electrons. The van der Waals surface area contributed by atoms with Crippen LogP contribution in [0.15, 0.2) is 24.3 Å². The van der Waals surface area contributed by atoms with Crippen LogP contribution >= 0.6 is 11.6 Å². The van der Waals surface area contributed by atoms with Crippen LogP contribution in [0, 0.1) is 13.8 Å². The van der Waals surface area contributed by atoms with Crippen molar-refractivity contribution in [2.45, 2.75) is 20.4 Å². The first-order chi connectivity index (χ1) is 9.51. The molecular weight excluding hydrogens is 278 g/mol. The van der Waals surface area contributed by atoms with Crippen LogP contribution in [0.5, 0.6) is 0 Å². The van der Waals surface area contributed by atoms with E-state index in [-0.39, 0.29) is 12.5 Å². The molecule has 6 heteroatoms. The molecule has 1 amide bonds. The van der Waals surface area contributed by atoms with E-state index in [2.05, 4.69) is 10.4 Å². The zero-order valence-corrected chi connectivity index (χ0v) is 11.9. The number of nitrogens with zero attached hydrogens (tertiary/aromatic N) is 2. The van der Waals surface area contributed by atoms with E-state index in [1.54, 1.807) is 38.1 Å². The van der Waals surface area contributed by atoms with Gasteiger partial charge in [0, 0.05) is 16.4 Å². The number of carbonyl (C=O) groups excluding carboxylic acids is 2. The fourth-order valence-corrected chi connectivity index (χ4v) is 2.13. The van der Waals surface area contributed by atoms with Gasteiger partial charge in [-0.25, -0.2) is 0 Å². The van der Waals surface area contributed by atoms with Crippen molar-refractivity contribution in [1.29, 1.82) is 0 Å². The molecule has 0 aliphatic rings. The predicted molar refractivity (Wildman–Crippen MR) is 77.2 cm³/mol. The third kappa shape index (κ3) is 3.05. The lowest BCUT2D eigenvalue weighted by Crippen LogP contribution is -2.20. The number of hydrogen-bond donors (Lipinski definition) is 1. The maximum Gasteiger partial charge on any atom is 0.246 e. The van der Waals surface area contributed by atoms with Gasteiger partial charge >= 0.3 is 0 Å². The Labute approximate surface area is 121 Å². The van der Waals surface area contributed by atoms with Crippen molar-refractivity contribution in [2.24, 2.45) is 0 Å². The van der Waals surface area contributed by atoms with Gasteiger partial charge < -0.3 is 5.32 Å². The fraction of sp³-hybridized carbons (Fsp3) is 0.214. The molecule has 0 bridgehead atoms. The van der Waals surface area contributed by atoms with Gasteiger partial charge in [-0.2, -0.15) is 5.10 Å². The number of rotatable bonds is 4. The SMILES string of the molecule is Cc1nn(CC(=O)Nc2cccc(Cl)c2)c(C)c1C=O. The molecule has 5 nitrogen and oxygen atoms in total. The Bertz CT molecular complexity index is 664. The number of hydrogen-bond acceptors (Lipinski definition) is 3. The second kappa shape index (κ2) is 5.88. The maximum atomic E-state index is 12.0. The number of amides is 1. The van der Waals surface area contributed by atoms with E-state index in [4.69, 9.17) is 11.6 Å². The number of anilines is 1. The summed E-state index contributed by atoms with van der Waals surface area (Å²) in [6.07, 6.45) is 0.753. The minimum Gasteiger partial charge on any atom is -0.324 e. The summed E-state index contributed by atoms with van der Waals surface area (Å²) in [7, 11) is 0. The second-order valence-electron chi connectivity index (χ2n) is 4.42. The number of aryl methyl sites for hydroxylation is 1. The summed E-state index contributed by atoms with van der Waals surface area (Å²) in [5.74, 6) is -0.227. The van der Waals surface area contributed by atoms with Gasteiger partial charge in [0.2, 0.25) is 5.91 Å². The van der Waals surface area contributed by atoms with Gasteiger partial charge in [-0.1, -0.05) is 17.7 Å². The summed E-state index contributed by atoms with van der Waals surface area (Å²) in [4.78, 5) is 22.9. The molecular formula is C14H14ClN3O2. The van der Waals surface area contributed by atoms with E-state index in [9.17, 15) is 9.59 Å². The average Bonchev–Trinajstić information content (AvgIpc) is 2.63. The highest BCUT2D eigenvalue weighted by molar-refractivity contribution is 6.30. The Morgan fingerprint density at radius 1 is 1.45 bits per heavy atom. The molecule has 0 saturated carbocycles. The number of aldehydes is 1. The summed E-state index contributed by atoms with van der Waals surface area (Å²) in [6.45, 7) is 3.55. The van der Waals surface area contributed by atoms with E-state index < -0.39 is 0 Å². The lowest BCUT2D eigenvalue weighted by molar-refractivity contribution is -0.116. The van der Waals surface area contributed by atoms with E-state index in [1.807, 2.05) is 0 Å². The zero-order chi connectivity index (χ0) is 14.7. The smallest absolute Gasteiger partial charge is 0.246 e. The van der Waals surface area contributed by atoms with Crippen molar-refractivity contribution >= 4 is 29.5 Å². The average molecular weight is 292 g/mol. The van der Waals surface area contributed by atoms with Crippen molar-refractivity contribution < 1.29 is 9.59 Å². The quantitative estimate of drug-likeness (QED) is 0.881. The molecule has 0 aliphatic carbocycles. The first-order valence-electron chi connectivity index (χ1n) is 6.06. The summed E-state index contributed by atoms with van der Waals surface area (Å²) < 4.78 is 1.51. The molecule has 2 rings (SSSR count). The normalized spacial score (nSPS) is 10.3. The highest BCUT2D eigenvalue weighted by Crippen LogP contribution is 2.15. The number of nitrogens with one attached hydrogen (secondary N) is 1.